The van der Waals surface area contributed by atoms with Gasteiger partial charge in [0, 0.05) is 37.6 Å². The quantitative estimate of drug-likeness (QED) is 0.551. The Kier molecular flexibility index (Phi) is 6.03. The number of aromatic nitrogens is 5. The summed E-state index contributed by atoms with van der Waals surface area (Å²) in [6, 6.07) is 3.03. The van der Waals surface area contributed by atoms with Crippen LogP contribution in [0.1, 0.15) is 16.8 Å². The van der Waals surface area contributed by atoms with Gasteiger partial charge in [0.2, 0.25) is 17.7 Å². The van der Waals surface area contributed by atoms with E-state index >= 15 is 0 Å². The van der Waals surface area contributed by atoms with E-state index in [2.05, 4.69) is 35.4 Å². The highest BCUT2D eigenvalue weighted by atomic mass is 19.4. The van der Waals surface area contributed by atoms with Gasteiger partial charge in [-0.3, -0.25) is 9.48 Å². The average molecular weight is 462 g/mol. The number of anilines is 3. The van der Waals surface area contributed by atoms with Gasteiger partial charge in [-0.1, -0.05) is 6.07 Å². The number of fused-ring (bicyclic) bond motifs is 1. The molecule has 0 fully saturated rings. The number of likely N-dealkylation sites (N-methyl/N-ethyl adjacent to an activating group) is 1. The molecule has 1 aliphatic heterocycles. The van der Waals surface area contributed by atoms with Crippen molar-refractivity contribution < 1.29 is 22.7 Å². The topological polar surface area (TPSA) is 110 Å². The summed E-state index contributed by atoms with van der Waals surface area (Å²) in [5.41, 5.74) is 2.91. The molecular weight excluding hydrogens is 441 g/mol. The number of hydrogen-bond acceptors (Lipinski definition) is 8. The number of nitrogens with zero attached hydrogens (tertiary/aromatic N) is 6. The standard InChI is InChI=1S/C20H21F3N8O2/c1-12-17-18(30(2)10-15(32)28-17)29-19(27-12)25-6-14-7-26-31(9-14)8-13-3-4-16(24-5-13)33-11-20(21,22)23/h3-5,7,9H,6,8,10-11H2,1-2H3,(H,28,32)(H,25,27,29). The summed E-state index contributed by atoms with van der Waals surface area (Å²) in [6.45, 7) is 1.46. The molecule has 1 amide bonds. The number of ether oxygens (including phenoxy) is 1. The third-order valence-corrected chi connectivity index (χ3v) is 4.74. The first-order valence-electron chi connectivity index (χ1n) is 9.95. The highest BCUT2D eigenvalue weighted by Gasteiger charge is 2.28. The molecule has 3 aromatic rings. The highest BCUT2D eigenvalue weighted by molar-refractivity contribution is 6.00. The van der Waals surface area contributed by atoms with Gasteiger partial charge in [0.05, 0.1) is 25.0 Å². The minimum Gasteiger partial charge on any atom is -0.468 e. The molecule has 33 heavy (non-hydrogen) atoms. The Morgan fingerprint density at radius 3 is 2.76 bits per heavy atom. The van der Waals surface area contributed by atoms with E-state index < -0.39 is 12.8 Å². The van der Waals surface area contributed by atoms with Crippen molar-refractivity contribution in [2.24, 2.45) is 0 Å². The van der Waals surface area contributed by atoms with E-state index in [0.717, 1.165) is 11.1 Å². The van der Waals surface area contributed by atoms with Crippen molar-refractivity contribution in [2.45, 2.75) is 26.2 Å². The summed E-state index contributed by atoms with van der Waals surface area (Å²) in [5, 5.41) is 10.2. The Labute approximate surface area is 186 Å². The molecule has 0 aliphatic carbocycles. The number of alkyl halides is 3. The van der Waals surface area contributed by atoms with Gasteiger partial charge in [-0.05, 0) is 12.5 Å². The van der Waals surface area contributed by atoms with E-state index in [1.165, 1.54) is 12.3 Å². The van der Waals surface area contributed by atoms with Crippen LogP contribution < -0.4 is 20.3 Å². The summed E-state index contributed by atoms with van der Waals surface area (Å²) in [7, 11) is 1.79. The first-order valence-corrected chi connectivity index (χ1v) is 9.95. The molecule has 2 N–H and O–H groups in total. The number of amides is 1. The first-order chi connectivity index (χ1) is 15.7. The van der Waals surface area contributed by atoms with Gasteiger partial charge in [-0.15, -0.1) is 0 Å². The van der Waals surface area contributed by atoms with Crippen molar-refractivity contribution in [2.75, 3.05) is 35.7 Å². The summed E-state index contributed by atoms with van der Waals surface area (Å²) in [4.78, 5) is 26.3. The van der Waals surface area contributed by atoms with Crippen molar-refractivity contribution in [3.05, 3.63) is 47.5 Å². The molecule has 4 rings (SSSR count). The number of pyridine rings is 1. The first kappa shape index (κ1) is 22.3. The second-order valence-corrected chi connectivity index (χ2v) is 7.54. The molecule has 0 saturated heterocycles. The number of carbonyl (C=O) groups is 1. The summed E-state index contributed by atoms with van der Waals surface area (Å²) in [6.07, 6.45) is 0.566. The van der Waals surface area contributed by atoms with Gasteiger partial charge < -0.3 is 20.3 Å². The SMILES string of the molecule is Cc1nc(NCc2cnn(Cc3ccc(OCC(F)(F)F)nc3)c2)nc2c1NC(=O)CN2C. The Morgan fingerprint density at radius 2 is 2.03 bits per heavy atom. The van der Waals surface area contributed by atoms with Crippen molar-refractivity contribution >= 4 is 23.4 Å². The zero-order valence-corrected chi connectivity index (χ0v) is 17.8. The van der Waals surface area contributed by atoms with E-state index in [9.17, 15) is 18.0 Å². The molecule has 0 saturated carbocycles. The molecule has 0 spiro atoms. The smallest absolute Gasteiger partial charge is 0.422 e. The third kappa shape index (κ3) is 5.67. The molecule has 3 aromatic heterocycles. The lowest BCUT2D eigenvalue weighted by Gasteiger charge is -2.27. The van der Waals surface area contributed by atoms with E-state index in [1.807, 2.05) is 6.20 Å². The Hall–Kier alpha value is -3.90. The molecular formula is C20H21F3N8O2. The van der Waals surface area contributed by atoms with Gasteiger partial charge in [0.1, 0.15) is 5.69 Å². The van der Waals surface area contributed by atoms with E-state index in [4.69, 9.17) is 0 Å². The lowest BCUT2D eigenvalue weighted by atomic mass is 10.2. The van der Waals surface area contributed by atoms with Crippen LogP contribution in [0.25, 0.3) is 0 Å². The number of nitrogens with one attached hydrogen (secondary N) is 2. The molecule has 0 unspecified atom stereocenters. The molecule has 174 valence electrons. The minimum atomic E-state index is -4.41. The van der Waals surface area contributed by atoms with Gasteiger partial charge in [-0.25, -0.2) is 9.97 Å². The van der Waals surface area contributed by atoms with Gasteiger partial charge in [0.25, 0.3) is 0 Å². The molecule has 0 radical (unpaired) electrons. The maximum absolute atomic E-state index is 12.2. The number of rotatable bonds is 7. The third-order valence-electron chi connectivity index (χ3n) is 4.74. The molecule has 4 heterocycles. The Balaban J connectivity index is 1.35. The van der Waals surface area contributed by atoms with Crippen LogP contribution in [0.15, 0.2) is 30.7 Å². The number of halogens is 3. The summed E-state index contributed by atoms with van der Waals surface area (Å²) < 4.78 is 42.9. The second-order valence-electron chi connectivity index (χ2n) is 7.54. The highest BCUT2D eigenvalue weighted by Crippen LogP contribution is 2.29. The van der Waals surface area contributed by atoms with Gasteiger partial charge in [-0.2, -0.15) is 23.3 Å². The zero-order chi connectivity index (χ0) is 23.6. The van der Waals surface area contributed by atoms with Crippen molar-refractivity contribution in [3.63, 3.8) is 0 Å². The van der Waals surface area contributed by atoms with E-state index in [1.54, 1.807) is 35.8 Å². The Morgan fingerprint density at radius 1 is 1.21 bits per heavy atom. The van der Waals surface area contributed by atoms with Crippen LogP contribution in [-0.2, 0) is 17.9 Å². The van der Waals surface area contributed by atoms with Crippen LogP contribution in [0.3, 0.4) is 0 Å². The van der Waals surface area contributed by atoms with Crippen molar-refractivity contribution in [1.82, 2.24) is 24.7 Å². The molecule has 10 nitrogen and oxygen atoms in total. The Bertz CT molecular complexity index is 1150. The fourth-order valence-electron chi connectivity index (χ4n) is 3.23. The van der Waals surface area contributed by atoms with Gasteiger partial charge >= 0.3 is 6.18 Å². The van der Waals surface area contributed by atoms with Crippen LogP contribution in [0.5, 0.6) is 5.88 Å². The van der Waals surface area contributed by atoms with Crippen molar-refractivity contribution in [1.29, 1.82) is 0 Å². The summed E-state index contributed by atoms with van der Waals surface area (Å²) >= 11 is 0. The number of aryl methyl sites for hydroxylation is 1. The second kappa shape index (κ2) is 8.92. The minimum absolute atomic E-state index is 0.0908. The summed E-state index contributed by atoms with van der Waals surface area (Å²) in [5.74, 6) is 0.881. The molecule has 13 heteroatoms. The fraction of sp³-hybridized carbons (Fsp3) is 0.350. The largest absolute Gasteiger partial charge is 0.468 e. The lowest BCUT2D eigenvalue weighted by molar-refractivity contribution is -0.154. The van der Waals surface area contributed by atoms with Gasteiger partial charge in [0.15, 0.2) is 12.4 Å². The normalized spacial score (nSPS) is 13.5. The zero-order valence-electron chi connectivity index (χ0n) is 17.8. The van der Waals surface area contributed by atoms with E-state index in [0.29, 0.717) is 36.2 Å². The van der Waals surface area contributed by atoms with Crippen LogP contribution >= 0.6 is 0 Å². The fourth-order valence-corrected chi connectivity index (χ4v) is 3.23. The predicted molar refractivity (Wildman–Crippen MR) is 113 cm³/mol. The van der Waals surface area contributed by atoms with E-state index in [-0.39, 0.29) is 18.3 Å². The maximum Gasteiger partial charge on any atom is 0.422 e. The van der Waals surface area contributed by atoms with Crippen LogP contribution in [0.2, 0.25) is 0 Å². The maximum atomic E-state index is 12.2. The molecule has 1 aliphatic rings. The van der Waals surface area contributed by atoms with Crippen molar-refractivity contribution in [3.8, 4) is 5.88 Å². The van der Waals surface area contributed by atoms with Crippen LogP contribution in [0.4, 0.5) is 30.6 Å². The molecule has 0 bridgehead atoms. The number of carbonyl (C=O) groups excluding carboxylic acids is 1. The molecule has 0 atom stereocenters. The van der Waals surface area contributed by atoms with Crippen LogP contribution in [-0.4, -0.2) is 57.0 Å². The molecule has 0 aromatic carbocycles. The monoisotopic (exact) mass is 462 g/mol. The lowest BCUT2D eigenvalue weighted by Crippen LogP contribution is -2.36. The van der Waals surface area contributed by atoms with Crippen LogP contribution in [0, 0.1) is 6.92 Å². The average Bonchev–Trinajstić information content (AvgIpc) is 3.19. The predicted octanol–water partition coefficient (Wildman–Crippen LogP) is 2.37. The number of hydrogen-bond donors (Lipinski definition) is 2.